The summed E-state index contributed by atoms with van der Waals surface area (Å²) in [6.45, 7) is 4.20. The molecule has 0 saturated heterocycles. The summed E-state index contributed by atoms with van der Waals surface area (Å²) in [5.41, 5.74) is 5.62. The van der Waals surface area contributed by atoms with Gasteiger partial charge in [0.05, 0.1) is 10.0 Å². The molecule has 3 N–H and O–H groups in total. The van der Waals surface area contributed by atoms with Gasteiger partial charge in [0.25, 0.3) is 0 Å². The van der Waals surface area contributed by atoms with Crippen LogP contribution in [-0.4, -0.2) is 22.5 Å². The summed E-state index contributed by atoms with van der Waals surface area (Å²) < 4.78 is 0. The Morgan fingerprint density at radius 2 is 2.19 bits per heavy atom. The quantitative estimate of drug-likeness (QED) is 0.866. The van der Waals surface area contributed by atoms with Crippen molar-refractivity contribution in [3.05, 3.63) is 16.1 Å². The minimum Gasteiger partial charge on any atom is -0.382 e. The molecule has 0 fully saturated rings. The lowest BCUT2D eigenvalue weighted by Gasteiger charge is -2.15. The zero-order valence-corrected chi connectivity index (χ0v) is 11.6. The number of pyridine rings is 1. The molecule has 0 saturated carbocycles. The molecule has 0 aliphatic rings. The molecule has 1 heterocycles. The Bertz CT molecular complexity index is 360. The summed E-state index contributed by atoms with van der Waals surface area (Å²) >= 11 is 13.7. The van der Waals surface area contributed by atoms with Crippen molar-refractivity contribution < 1.29 is 0 Å². The van der Waals surface area contributed by atoms with Gasteiger partial charge < -0.3 is 11.1 Å². The highest BCUT2D eigenvalue weighted by Gasteiger charge is 2.09. The van der Waals surface area contributed by atoms with E-state index in [1.54, 1.807) is 6.07 Å². The van der Waals surface area contributed by atoms with E-state index < -0.39 is 0 Å². The molecule has 1 unspecified atom stereocenters. The maximum Gasteiger partial charge on any atom is 0.147 e. The molecule has 0 radical (unpaired) electrons. The van der Waals surface area contributed by atoms with Crippen molar-refractivity contribution >= 4 is 46.6 Å². The third kappa shape index (κ3) is 3.92. The van der Waals surface area contributed by atoms with Crippen molar-refractivity contribution in [2.24, 2.45) is 0 Å². The number of nitrogens with two attached hydrogens (primary N) is 1. The van der Waals surface area contributed by atoms with Crippen molar-refractivity contribution in [2.45, 2.75) is 19.9 Å². The molecule has 90 valence electrons. The minimum atomic E-state index is 0.288. The SMILES string of the molecule is CCSCC(C)Nc1nc(N)c(Cl)cc1Cl. The molecule has 0 bridgehead atoms. The van der Waals surface area contributed by atoms with E-state index >= 15 is 0 Å². The zero-order valence-electron chi connectivity index (χ0n) is 9.26. The Hall–Kier alpha value is -0.320. The van der Waals surface area contributed by atoms with E-state index in [0.717, 1.165) is 11.5 Å². The highest BCUT2D eigenvalue weighted by atomic mass is 35.5. The van der Waals surface area contributed by atoms with Gasteiger partial charge in [0.2, 0.25) is 0 Å². The van der Waals surface area contributed by atoms with Crippen molar-refractivity contribution in [1.29, 1.82) is 0 Å². The molecule has 0 aliphatic heterocycles. The molecular weight excluding hydrogens is 265 g/mol. The maximum atomic E-state index is 6.01. The van der Waals surface area contributed by atoms with E-state index in [4.69, 9.17) is 28.9 Å². The van der Waals surface area contributed by atoms with Gasteiger partial charge in [-0.05, 0) is 18.7 Å². The molecule has 6 heteroatoms. The summed E-state index contributed by atoms with van der Waals surface area (Å²) in [4.78, 5) is 4.11. The summed E-state index contributed by atoms with van der Waals surface area (Å²) in [7, 11) is 0. The number of hydrogen-bond acceptors (Lipinski definition) is 4. The first-order valence-corrected chi connectivity index (χ1v) is 6.91. The van der Waals surface area contributed by atoms with Crippen LogP contribution in [-0.2, 0) is 0 Å². The van der Waals surface area contributed by atoms with Gasteiger partial charge in [-0.3, -0.25) is 0 Å². The number of halogens is 2. The predicted octanol–water partition coefficient (Wildman–Crippen LogP) is 3.52. The van der Waals surface area contributed by atoms with Crippen LogP contribution in [0.25, 0.3) is 0 Å². The molecule has 16 heavy (non-hydrogen) atoms. The van der Waals surface area contributed by atoms with Gasteiger partial charge in [-0.2, -0.15) is 11.8 Å². The summed E-state index contributed by atoms with van der Waals surface area (Å²) in [6.07, 6.45) is 0. The van der Waals surface area contributed by atoms with E-state index in [1.165, 1.54) is 0 Å². The summed E-state index contributed by atoms with van der Waals surface area (Å²) in [5, 5.41) is 4.08. The number of nitrogens with one attached hydrogen (secondary N) is 1. The Balaban J connectivity index is 2.69. The van der Waals surface area contributed by atoms with Gasteiger partial charge in [-0.1, -0.05) is 30.1 Å². The van der Waals surface area contributed by atoms with Gasteiger partial charge in [0.15, 0.2) is 0 Å². The number of rotatable bonds is 5. The van der Waals surface area contributed by atoms with Crippen LogP contribution in [0.4, 0.5) is 11.6 Å². The average Bonchev–Trinajstić information content (AvgIpc) is 2.23. The predicted molar refractivity (Wildman–Crippen MR) is 74.8 cm³/mol. The molecule has 0 aliphatic carbocycles. The number of nitrogens with zero attached hydrogens (tertiary/aromatic N) is 1. The lowest BCUT2D eigenvalue weighted by molar-refractivity contribution is 0.903. The van der Waals surface area contributed by atoms with Crippen LogP contribution >= 0.6 is 35.0 Å². The Morgan fingerprint density at radius 1 is 1.50 bits per heavy atom. The number of thioether (sulfide) groups is 1. The van der Waals surface area contributed by atoms with E-state index in [2.05, 4.69) is 24.1 Å². The largest absolute Gasteiger partial charge is 0.382 e. The van der Waals surface area contributed by atoms with E-state index in [-0.39, 0.29) is 6.04 Å². The van der Waals surface area contributed by atoms with Crippen LogP contribution in [0.15, 0.2) is 6.07 Å². The molecule has 1 atom stereocenters. The van der Waals surface area contributed by atoms with Crippen LogP contribution in [0.1, 0.15) is 13.8 Å². The summed E-state index contributed by atoms with van der Waals surface area (Å²) in [5.74, 6) is 2.98. The Morgan fingerprint density at radius 3 is 2.81 bits per heavy atom. The van der Waals surface area contributed by atoms with Gasteiger partial charge in [-0.25, -0.2) is 4.98 Å². The Kier molecular flexibility index (Phi) is 5.52. The smallest absolute Gasteiger partial charge is 0.147 e. The summed E-state index contributed by atoms with van der Waals surface area (Å²) in [6, 6.07) is 1.89. The van der Waals surface area contributed by atoms with Gasteiger partial charge in [0.1, 0.15) is 11.6 Å². The van der Waals surface area contributed by atoms with Gasteiger partial charge in [0, 0.05) is 11.8 Å². The fourth-order valence-electron chi connectivity index (χ4n) is 1.15. The maximum absolute atomic E-state index is 6.01. The molecule has 1 aromatic rings. The minimum absolute atomic E-state index is 0.288. The molecule has 1 aromatic heterocycles. The fraction of sp³-hybridized carbons (Fsp3) is 0.500. The first-order chi connectivity index (χ1) is 7.54. The fourth-order valence-corrected chi connectivity index (χ4v) is 2.24. The average molecular weight is 280 g/mol. The van der Waals surface area contributed by atoms with E-state index in [1.807, 2.05) is 11.8 Å². The van der Waals surface area contributed by atoms with Crippen LogP contribution in [0.3, 0.4) is 0 Å². The first kappa shape index (κ1) is 13.7. The van der Waals surface area contributed by atoms with E-state index in [0.29, 0.717) is 21.7 Å². The van der Waals surface area contributed by atoms with Crippen LogP contribution in [0.5, 0.6) is 0 Å². The van der Waals surface area contributed by atoms with Crippen molar-refractivity contribution in [3.63, 3.8) is 0 Å². The lowest BCUT2D eigenvalue weighted by atomic mass is 10.3. The second-order valence-electron chi connectivity index (χ2n) is 3.39. The molecule has 0 amide bonds. The van der Waals surface area contributed by atoms with Crippen molar-refractivity contribution in [2.75, 3.05) is 22.6 Å². The molecular formula is C10H15Cl2N3S. The molecule has 3 nitrogen and oxygen atoms in total. The highest BCUT2D eigenvalue weighted by molar-refractivity contribution is 7.99. The monoisotopic (exact) mass is 279 g/mol. The number of anilines is 2. The normalized spacial score (nSPS) is 12.5. The molecule has 1 rings (SSSR count). The topological polar surface area (TPSA) is 50.9 Å². The lowest BCUT2D eigenvalue weighted by Crippen LogP contribution is -2.19. The zero-order chi connectivity index (χ0) is 12.1. The third-order valence-electron chi connectivity index (χ3n) is 1.91. The molecule has 0 aromatic carbocycles. The third-order valence-corrected chi connectivity index (χ3v) is 3.65. The molecule has 0 spiro atoms. The highest BCUT2D eigenvalue weighted by Crippen LogP contribution is 2.27. The standard InChI is InChI=1S/C10H15Cl2N3S/c1-3-16-5-6(2)14-10-8(12)4-7(11)9(13)15-10/h4,6H,3,5H2,1-2H3,(H3,13,14,15). The first-order valence-electron chi connectivity index (χ1n) is 5.00. The van der Waals surface area contributed by atoms with Crippen LogP contribution in [0.2, 0.25) is 10.0 Å². The number of hydrogen-bond donors (Lipinski definition) is 2. The van der Waals surface area contributed by atoms with Gasteiger partial charge in [-0.15, -0.1) is 0 Å². The van der Waals surface area contributed by atoms with Gasteiger partial charge >= 0.3 is 0 Å². The Labute approximate surface area is 110 Å². The van der Waals surface area contributed by atoms with Crippen LogP contribution < -0.4 is 11.1 Å². The number of nitrogen functional groups attached to an aromatic ring is 1. The number of aromatic nitrogens is 1. The second kappa shape index (κ2) is 6.42. The van der Waals surface area contributed by atoms with Crippen molar-refractivity contribution in [1.82, 2.24) is 4.98 Å². The van der Waals surface area contributed by atoms with Crippen LogP contribution in [0, 0.1) is 0 Å². The van der Waals surface area contributed by atoms with E-state index in [9.17, 15) is 0 Å². The second-order valence-corrected chi connectivity index (χ2v) is 5.52. The van der Waals surface area contributed by atoms with Crippen molar-refractivity contribution in [3.8, 4) is 0 Å².